The first-order chi connectivity index (χ1) is 8.07. The van der Waals surface area contributed by atoms with Crippen LogP contribution in [0.3, 0.4) is 0 Å². The molecular formula is C14H16ClOS+. The van der Waals surface area contributed by atoms with Crippen molar-refractivity contribution in [2.24, 2.45) is 0 Å². The van der Waals surface area contributed by atoms with Crippen LogP contribution in [0.2, 0.25) is 0 Å². The topological polar surface area (TPSA) is 20.2 Å². The second kappa shape index (κ2) is 5.30. The van der Waals surface area contributed by atoms with Crippen LogP contribution in [0.4, 0.5) is 0 Å². The summed E-state index contributed by atoms with van der Waals surface area (Å²) in [6.45, 7) is 0. The van der Waals surface area contributed by atoms with E-state index in [9.17, 15) is 5.11 Å². The highest BCUT2D eigenvalue weighted by atomic mass is 35.5. The molecule has 17 heavy (non-hydrogen) atoms. The number of alkyl halides is 1. The predicted octanol–water partition coefficient (Wildman–Crippen LogP) is 3.21. The van der Waals surface area contributed by atoms with Gasteiger partial charge in [-0.1, -0.05) is 41.9 Å². The average molecular weight is 268 g/mol. The summed E-state index contributed by atoms with van der Waals surface area (Å²) in [4.78, 5) is 1.28. The van der Waals surface area contributed by atoms with E-state index in [1.165, 1.54) is 10.5 Å². The number of halogens is 1. The van der Waals surface area contributed by atoms with Crippen LogP contribution >= 0.6 is 11.6 Å². The van der Waals surface area contributed by atoms with Crippen molar-refractivity contribution in [3.8, 4) is 0 Å². The van der Waals surface area contributed by atoms with E-state index >= 15 is 0 Å². The fourth-order valence-electron chi connectivity index (χ4n) is 1.76. The van der Waals surface area contributed by atoms with Crippen molar-refractivity contribution in [2.45, 2.75) is 17.2 Å². The Labute approximate surface area is 110 Å². The van der Waals surface area contributed by atoms with Crippen molar-refractivity contribution in [3.63, 3.8) is 0 Å². The summed E-state index contributed by atoms with van der Waals surface area (Å²) in [6.07, 6.45) is 8.38. The van der Waals surface area contributed by atoms with E-state index < -0.39 is 5.06 Å². The first-order valence-corrected chi connectivity index (χ1v) is 7.72. The summed E-state index contributed by atoms with van der Waals surface area (Å²) in [5.41, 5.74) is 1.35. The Bertz CT molecular complexity index is 437. The largest absolute Gasteiger partial charge is 0.371 e. The first-order valence-electron chi connectivity index (χ1n) is 5.54. The Hall–Kier alpha value is -0.700. The summed E-state index contributed by atoms with van der Waals surface area (Å²) >= 11 is 5.83. The van der Waals surface area contributed by atoms with E-state index in [-0.39, 0.29) is 10.9 Å². The maximum Gasteiger partial charge on any atom is 0.161 e. The van der Waals surface area contributed by atoms with Crippen molar-refractivity contribution >= 4 is 22.5 Å². The molecule has 1 aliphatic rings. The van der Waals surface area contributed by atoms with E-state index in [0.29, 0.717) is 6.42 Å². The predicted molar refractivity (Wildman–Crippen MR) is 76.1 cm³/mol. The van der Waals surface area contributed by atoms with Gasteiger partial charge in [-0.25, -0.2) is 0 Å². The number of hydrogen-bond acceptors (Lipinski definition) is 1. The van der Waals surface area contributed by atoms with Gasteiger partial charge in [0, 0.05) is 22.9 Å². The van der Waals surface area contributed by atoms with Gasteiger partial charge in [0.2, 0.25) is 0 Å². The van der Waals surface area contributed by atoms with E-state index in [2.05, 4.69) is 30.5 Å². The summed E-state index contributed by atoms with van der Waals surface area (Å²) in [5.74, 6) is 1.04. The molecule has 0 saturated carbocycles. The molecule has 2 rings (SSSR count). The van der Waals surface area contributed by atoms with Crippen LogP contribution in [0.25, 0.3) is 0 Å². The molecular weight excluding hydrogens is 252 g/mol. The lowest BCUT2D eigenvalue weighted by molar-refractivity contribution is 0.181. The number of hydrogen-bond donors (Lipinski definition) is 1. The fraction of sp³-hybridized carbons (Fsp3) is 0.286. The van der Waals surface area contributed by atoms with Gasteiger partial charge in [0.25, 0.3) is 0 Å². The summed E-state index contributed by atoms with van der Waals surface area (Å²) in [6, 6.07) is 10.5. The zero-order valence-corrected chi connectivity index (χ0v) is 11.3. The van der Waals surface area contributed by atoms with Crippen LogP contribution < -0.4 is 0 Å². The highest BCUT2D eigenvalue weighted by Gasteiger charge is 2.26. The number of allylic oxidation sites excluding steroid dienone is 1. The van der Waals surface area contributed by atoms with Gasteiger partial charge in [0.1, 0.15) is 12.0 Å². The monoisotopic (exact) mass is 267 g/mol. The first kappa shape index (κ1) is 12.7. The van der Waals surface area contributed by atoms with Crippen LogP contribution in [0.5, 0.6) is 0 Å². The van der Waals surface area contributed by atoms with E-state index in [4.69, 9.17) is 11.6 Å². The second-order valence-electron chi connectivity index (χ2n) is 4.23. The summed E-state index contributed by atoms with van der Waals surface area (Å²) in [5, 5.41) is 8.42. The van der Waals surface area contributed by atoms with Gasteiger partial charge in [-0.05, 0) is 18.2 Å². The number of benzene rings is 1. The van der Waals surface area contributed by atoms with Crippen molar-refractivity contribution < 1.29 is 5.11 Å². The van der Waals surface area contributed by atoms with Gasteiger partial charge in [0.15, 0.2) is 9.97 Å². The number of rotatable bonds is 3. The molecule has 1 aromatic rings. The Kier molecular flexibility index (Phi) is 3.97. The normalized spacial score (nSPS) is 25.5. The lowest BCUT2D eigenvalue weighted by Crippen LogP contribution is -2.20. The van der Waals surface area contributed by atoms with Crippen molar-refractivity contribution in [2.75, 3.05) is 6.26 Å². The minimum Gasteiger partial charge on any atom is -0.371 e. The second-order valence-corrected chi connectivity index (χ2v) is 6.92. The standard InChI is InChI=1S/C14H16ClOS/c1-17(11-12-5-3-2-4-6-12)13-7-9-14(15,16)10-8-13/h2-9,16H,10-11H2,1H3/q+1. The van der Waals surface area contributed by atoms with Crippen molar-refractivity contribution in [1.29, 1.82) is 0 Å². The SMILES string of the molecule is C[S+](Cc1ccccc1)C1=CCC(O)(Cl)C=C1. The number of aliphatic hydroxyl groups is 1. The van der Waals surface area contributed by atoms with Crippen molar-refractivity contribution in [3.05, 3.63) is 59.0 Å². The minimum absolute atomic E-state index is 0.164. The molecule has 0 aromatic heterocycles. The molecule has 0 fully saturated rings. The smallest absolute Gasteiger partial charge is 0.161 e. The molecule has 1 nitrogen and oxygen atoms in total. The molecule has 2 atom stereocenters. The van der Waals surface area contributed by atoms with Gasteiger partial charge in [0.05, 0.1) is 0 Å². The molecule has 0 radical (unpaired) electrons. The summed E-state index contributed by atoms with van der Waals surface area (Å²) in [7, 11) is 0.164. The fourth-order valence-corrected chi connectivity index (χ4v) is 3.42. The molecule has 1 N–H and O–H groups in total. The molecule has 0 amide bonds. The Morgan fingerprint density at radius 2 is 2.06 bits per heavy atom. The van der Waals surface area contributed by atoms with Crippen LogP contribution in [0.15, 0.2) is 53.5 Å². The Balaban J connectivity index is 2.01. The molecule has 1 aromatic carbocycles. The third-order valence-electron chi connectivity index (χ3n) is 2.72. The Morgan fingerprint density at radius 3 is 2.65 bits per heavy atom. The maximum atomic E-state index is 9.60. The van der Waals surface area contributed by atoms with E-state index in [0.717, 1.165) is 5.75 Å². The van der Waals surface area contributed by atoms with Crippen LogP contribution in [-0.4, -0.2) is 16.4 Å². The molecule has 90 valence electrons. The highest BCUT2D eigenvalue weighted by Crippen LogP contribution is 2.28. The highest BCUT2D eigenvalue weighted by molar-refractivity contribution is 7.99. The molecule has 0 bridgehead atoms. The summed E-state index contributed by atoms with van der Waals surface area (Å²) < 4.78 is 0. The Morgan fingerprint density at radius 1 is 1.35 bits per heavy atom. The average Bonchev–Trinajstić information content (AvgIpc) is 2.30. The molecule has 0 aliphatic heterocycles. The molecule has 2 unspecified atom stereocenters. The van der Waals surface area contributed by atoms with Crippen LogP contribution in [0, 0.1) is 0 Å². The molecule has 0 spiro atoms. The van der Waals surface area contributed by atoms with E-state index in [1.54, 1.807) is 6.08 Å². The molecule has 1 aliphatic carbocycles. The molecule has 0 heterocycles. The van der Waals surface area contributed by atoms with Crippen LogP contribution in [0.1, 0.15) is 12.0 Å². The third-order valence-corrected chi connectivity index (χ3v) is 4.88. The maximum absolute atomic E-state index is 9.60. The quantitative estimate of drug-likeness (QED) is 0.659. The van der Waals surface area contributed by atoms with Crippen LogP contribution in [-0.2, 0) is 16.6 Å². The van der Waals surface area contributed by atoms with Gasteiger partial charge in [-0.3, -0.25) is 0 Å². The molecule has 0 saturated heterocycles. The molecule has 3 heteroatoms. The van der Waals surface area contributed by atoms with E-state index in [1.807, 2.05) is 18.2 Å². The van der Waals surface area contributed by atoms with Crippen molar-refractivity contribution in [1.82, 2.24) is 0 Å². The minimum atomic E-state index is -1.18. The van der Waals surface area contributed by atoms with Gasteiger partial charge >= 0.3 is 0 Å². The lowest BCUT2D eigenvalue weighted by Gasteiger charge is -2.17. The zero-order valence-electron chi connectivity index (χ0n) is 9.77. The zero-order chi connectivity index (χ0) is 12.3. The van der Waals surface area contributed by atoms with Gasteiger partial charge in [-0.2, -0.15) is 0 Å². The lowest BCUT2D eigenvalue weighted by atomic mass is 10.1. The third kappa shape index (κ3) is 3.63. The van der Waals surface area contributed by atoms with Gasteiger partial charge < -0.3 is 5.11 Å². The van der Waals surface area contributed by atoms with Gasteiger partial charge in [-0.15, -0.1) is 0 Å².